The fourth-order valence-corrected chi connectivity index (χ4v) is 3.94. The van der Waals surface area contributed by atoms with E-state index in [2.05, 4.69) is 15.7 Å². The molecule has 0 saturated carbocycles. The predicted octanol–water partition coefficient (Wildman–Crippen LogP) is 5.47. The number of amides is 1. The number of nitrogens with zero attached hydrogens (tertiary/aromatic N) is 2. The molecule has 174 valence electrons. The molecule has 2 heterocycles. The molecule has 0 saturated heterocycles. The van der Waals surface area contributed by atoms with Gasteiger partial charge in [0.25, 0.3) is 5.91 Å². The number of hydrogen-bond acceptors (Lipinski definition) is 5. The Labute approximate surface area is 192 Å². The predicted molar refractivity (Wildman–Crippen MR) is 117 cm³/mol. The Balaban J connectivity index is 1.61. The van der Waals surface area contributed by atoms with Crippen molar-refractivity contribution in [1.82, 2.24) is 9.78 Å². The molecule has 0 fully saturated rings. The fourth-order valence-electron chi connectivity index (χ4n) is 3.68. The number of ether oxygens (including phenoxy) is 2. The molecule has 4 rings (SSSR count). The minimum absolute atomic E-state index is 0.0994. The summed E-state index contributed by atoms with van der Waals surface area (Å²) in [6, 6.07) is 10.2. The molecular formula is C22H20ClF3N4O3. The van der Waals surface area contributed by atoms with Gasteiger partial charge < -0.3 is 20.1 Å². The lowest BCUT2D eigenvalue weighted by Crippen LogP contribution is -2.35. The van der Waals surface area contributed by atoms with E-state index in [1.807, 2.05) is 0 Å². The van der Waals surface area contributed by atoms with Crippen molar-refractivity contribution in [3.63, 3.8) is 0 Å². The fraction of sp³-hybridized carbons (Fsp3) is 0.273. The first-order chi connectivity index (χ1) is 15.7. The van der Waals surface area contributed by atoms with Crippen molar-refractivity contribution in [3.05, 3.63) is 64.8 Å². The number of carbonyl (C=O) groups is 1. The summed E-state index contributed by atoms with van der Waals surface area (Å²) in [7, 11) is 2.97. The van der Waals surface area contributed by atoms with Gasteiger partial charge in [-0.15, -0.1) is 0 Å². The highest BCUT2D eigenvalue weighted by Crippen LogP contribution is 2.43. The van der Waals surface area contributed by atoms with Gasteiger partial charge in [0.05, 0.1) is 25.3 Å². The summed E-state index contributed by atoms with van der Waals surface area (Å²) in [6.45, 7) is 0. The van der Waals surface area contributed by atoms with Crippen molar-refractivity contribution in [1.29, 1.82) is 0 Å². The molecule has 33 heavy (non-hydrogen) atoms. The van der Waals surface area contributed by atoms with Gasteiger partial charge in [-0.25, -0.2) is 4.68 Å². The lowest BCUT2D eigenvalue weighted by atomic mass is 9.97. The number of carbonyl (C=O) groups excluding carboxylic acids is 1. The summed E-state index contributed by atoms with van der Waals surface area (Å²) in [5, 5.41) is 9.88. The second-order valence-electron chi connectivity index (χ2n) is 7.43. The lowest BCUT2D eigenvalue weighted by molar-refractivity contribution is -0.173. The molecule has 1 aliphatic heterocycles. The van der Waals surface area contributed by atoms with Crippen molar-refractivity contribution in [3.8, 4) is 11.5 Å². The van der Waals surface area contributed by atoms with E-state index in [4.69, 9.17) is 21.1 Å². The second kappa shape index (κ2) is 8.86. The molecule has 1 aromatic heterocycles. The number of hydrogen-bond donors (Lipinski definition) is 2. The Hall–Kier alpha value is -3.40. The highest BCUT2D eigenvalue weighted by Gasteiger charge is 2.46. The van der Waals surface area contributed by atoms with Gasteiger partial charge in [-0.3, -0.25) is 4.79 Å². The Bertz CT molecular complexity index is 1160. The zero-order chi connectivity index (χ0) is 23.8. The highest BCUT2D eigenvalue weighted by atomic mass is 35.5. The minimum atomic E-state index is -4.55. The van der Waals surface area contributed by atoms with Gasteiger partial charge in [-0.05, 0) is 35.9 Å². The van der Waals surface area contributed by atoms with Crippen LogP contribution in [0.15, 0.2) is 48.5 Å². The molecule has 11 heteroatoms. The van der Waals surface area contributed by atoms with Gasteiger partial charge in [0.15, 0.2) is 11.7 Å². The van der Waals surface area contributed by atoms with Crippen LogP contribution in [0.4, 0.5) is 24.7 Å². The minimum Gasteiger partial charge on any atom is -0.497 e. The Morgan fingerprint density at radius 2 is 1.88 bits per heavy atom. The number of benzene rings is 2. The van der Waals surface area contributed by atoms with Crippen molar-refractivity contribution in [2.24, 2.45) is 0 Å². The number of aromatic nitrogens is 2. The molecular weight excluding hydrogens is 461 g/mol. The number of fused-ring (bicyclic) bond motifs is 1. The van der Waals surface area contributed by atoms with Crippen molar-refractivity contribution in [2.45, 2.75) is 24.7 Å². The molecule has 7 nitrogen and oxygen atoms in total. The molecule has 0 radical (unpaired) electrons. The third-order valence-electron chi connectivity index (χ3n) is 5.35. The molecule has 0 spiro atoms. The Kier molecular flexibility index (Phi) is 6.11. The van der Waals surface area contributed by atoms with Crippen LogP contribution in [0.5, 0.6) is 11.5 Å². The van der Waals surface area contributed by atoms with Crippen LogP contribution in [0.2, 0.25) is 5.02 Å². The van der Waals surface area contributed by atoms with Gasteiger partial charge >= 0.3 is 6.18 Å². The first-order valence-electron chi connectivity index (χ1n) is 9.91. The van der Waals surface area contributed by atoms with E-state index in [-0.39, 0.29) is 23.0 Å². The molecule has 0 bridgehead atoms. The van der Waals surface area contributed by atoms with E-state index in [9.17, 15) is 18.0 Å². The summed E-state index contributed by atoms with van der Waals surface area (Å²) in [4.78, 5) is 12.7. The third-order valence-corrected chi connectivity index (χ3v) is 5.65. The average molecular weight is 481 g/mol. The van der Waals surface area contributed by atoms with Crippen molar-refractivity contribution >= 4 is 29.0 Å². The summed E-state index contributed by atoms with van der Waals surface area (Å²) >= 11 is 6.07. The second-order valence-corrected chi connectivity index (χ2v) is 7.83. The molecule has 2 N–H and O–H groups in total. The number of halogens is 4. The SMILES string of the molecule is COc1ccc([C@@H]2C[C@@H](C(F)(F)F)n3nc(C(=O)Nc4ccc(OC)c(Cl)c4)cc3N2)cc1. The smallest absolute Gasteiger partial charge is 0.410 e. The maximum absolute atomic E-state index is 13.9. The van der Waals surface area contributed by atoms with Gasteiger partial charge in [0.2, 0.25) is 0 Å². The van der Waals surface area contributed by atoms with Crippen LogP contribution in [0, 0.1) is 0 Å². The van der Waals surface area contributed by atoms with Gasteiger partial charge in [0.1, 0.15) is 17.3 Å². The molecule has 1 aliphatic rings. The van der Waals surface area contributed by atoms with Crippen LogP contribution in [-0.2, 0) is 0 Å². The summed E-state index contributed by atoms with van der Waals surface area (Å²) in [5.41, 5.74) is 0.860. The average Bonchev–Trinajstić information content (AvgIpc) is 3.22. The standard InChI is InChI=1S/C22H20ClF3N4O3/c1-32-14-6-3-12(4-7-14)16-10-19(22(24,25)26)30-20(28-16)11-17(29-30)21(31)27-13-5-8-18(33-2)15(23)9-13/h3-9,11,16,19,28H,10H2,1-2H3,(H,27,31)/t16-,19-/m0/s1. The maximum Gasteiger partial charge on any atom is 0.410 e. The lowest BCUT2D eigenvalue weighted by Gasteiger charge is -2.33. The van der Waals surface area contributed by atoms with E-state index in [0.29, 0.717) is 22.7 Å². The number of nitrogens with one attached hydrogen (secondary N) is 2. The maximum atomic E-state index is 13.9. The Morgan fingerprint density at radius 3 is 2.48 bits per heavy atom. The molecule has 3 aromatic rings. The normalized spacial score (nSPS) is 17.6. The van der Waals surface area contributed by atoms with Crippen LogP contribution < -0.4 is 20.1 Å². The molecule has 0 unspecified atom stereocenters. The molecule has 2 atom stereocenters. The first-order valence-corrected chi connectivity index (χ1v) is 10.3. The molecule has 1 amide bonds. The topological polar surface area (TPSA) is 77.4 Å². The van der Waals surface area contributed by atoms with Gasteiger partial charge in [-0.2, -0.15) is 18.3 Å². The van der Waals surface area contributed by atoms with Crippen molar-refractivity contribution < 1.29 is 27.4 Å². The van der Waals surface area contributed by atoms with Crippen LogP contribution >= 0.6 is 11.6 Å². The Morgan fingerprint density at radius 1 is 1.15 bits per heavy atom. The molecule has 0 aliphatic carbocycles. The quantitative estimate of drug-likeness (QED) is 0.506. The zero-order valence-electron chi connectivity index (χ0n) is 17.6. The van der Waals surface area contributed by atoms with Crippen LogP contribution in [0.3, 0.4) is 0 Å². The number of anilines is 2. The summed E-state index contributed by atoms with van der Waals surface area (Å²) in [5.74, 6) is 0.461. The number of rotatable bonds is 5. The molecule has 2 aromatic carbocycles. The zero-order valence-corrected chi connectivity index (χ0v) is 18.4. The van der Waals surface area contributed by atoms with E-state index in [0.717, 1.165) is 4.68 Å². The van der Waals surface area contributed by atoms with Gasteiger partial charge in [0, 0.05) is 18.2 Å². The van der Waals surface area contributed by atoms with E-state index >= 15 is 0 Å². The largest absolute Gasteiger partial charge is 0.497 e. The van der Waals surface area contributed by atoms with Crippen molar-refractivity contribution in [2.75, 3.05) is 24.9 Å². The number of alkyl halides is 3. The van der Waals surface area contributed by atoms with Crippen LogP contribution in [0.1, 0.15) is 34.6 Å². The highest BCUT2D eigenvalue weighted by molar-refractivity contribution is 6.32. The summed E-state index contributed by atoms with van der Waals surface area (Å²) < 4.78 is 52.6. The van der Waals surface area contributed by atoms with E-state index in [1.165, 1.54) is 26.4 Å². The number of methoxy groups -OCH3 is 2. The monoisotopic (exact) mass is 480 g/mol. The van der Waals surface area contributed by atoms with Crippen LogP contribution in [-0.4, -0.2) is 36.1 Å². The van der Waals surface area contributed by atoms with Gasteiger partial charge in [-0.1, -0.05) is 23.7 Å². The van der Waals surface area contributed by atoms with E-state index in [1.54, 1.807) is 36.4 Å². The van der Waals surface area contributed by atoms with E-state index < -0.39 is 24.2 Å². The van der Waals surface area contributed by atoms with Crippen LogP contribution in [0.25, 0.3) is 0 Å². The third kappa shape index (κ3) is 4.70. The first kappa shape index (κ1) is 22.8. The summed E-state index contributed by atoms with van der Waals surface area (Å²) in [6.07, 6.45) is -4.83.